The first kappa shape index (κ1) is 15.8. The van der Waals surface area contributed by atoms with Gasteiger partial charge in [0, 0.05) is 11.7 Å². The molecule has 108 valence electrons. The molecule has 1 rings (SSSR count). The minimum absolute atomic E-state index is 0.115. The summed E-state index contributed by atoms with van der Waals surface area (Å²) in [5.74, 6) is 0. The van der Waals surface area contributed by atoms with E-state index in [0.717, 1.165) is 24.9 Å². The average Bonchev–Trinajstić information content (AvgIpc) is 2.38. The lowest BCUT2D eigenvalue weighted by atomic mass is 10.1. The monoisotopic (exact) mass is 285 g/mol. The quantitative estimate of drug-likeness (QED) is 0.670. The summed E-state index contributed by atoms with van der Waals surface area (Å²) in [4.78, 5) is 0.115. The van der Waals surface area contributed by atoms with Crippen LogP contribution in [0.15, 0.2) is 23.1 Å². The van der Waals surface area contributed by atoms with E-state index in [1.807, 2.05) is 0 Å². The molecule has 0 aliphatic heterocycles. The highest BCUT2D eigenvalue weighted by molar-refractivity contribution is 7.89. The number of nitrogens with one attached hydrogen (secondary N) is 2. The number of nitrogen functional groups attached to an aromatic ring is 1. The van der Waals surface area contributed by atoms with Crippen LogP contribution in [0.5, 0.6) is 0 Å². The van der Waals surface area contributed by atoms with Crippen molar-refractivity contribution in [2.75, 3.05) is 18.1 Å². The second-order valence-corrected chi connectivity index (χ2v) is 6.35. The van der Waals surface area contributed by atoms with Gasteiger partial charge in [-0.2, -0.15) is 0 Å². The third kappa shape index (κ3) is 4.11. The fourth-order valence-corrected chi connectivity index (χ4v) is 2.79. The molecule has 5 nitrogen and oxygen atoms in total. The molecule has 1 aromatic rings. The van der Waals surface area contributed by atoms with Crippen LogP contribution in [0.3, 0.4) is 0 Å². The fraction of sp³-hybridized carbons (Fsp3) is 0.538. The molecule has 1 aromatic carbocycles. The molecule has 0 heterocycles. The van der Waals surface area contributed by atoms with Crippen LogP contribution in [0.2, 0.25) is 0 Å². The van der Waals surface area contributed by atoms with Crippen LogP contribution in [0, 0.1) is 0 Å². The maximum Gasteiger partial charge on any atom is 0.242 e. The van der Waals surface area contributed by atoms with Gasteiger partial charge in [0.05, 0.1) is 5.69 Å². The van der Waals surface area contributed by atoms with Crippen molar-refractivity contribution in [3.8, 4) is 0 Å². The first-order valence-electron chi connectivity index (χ1n) is 6.54. The summed E-state index contributed by atoms with van der Waals surface area (Å²) in [6, 6.07) is 5.33. The van der Waals surface area contributed by atoms with Gasteiger partial charge in [-0.25, -0.2) is 13.1 Å². The summed E-state index contributed by atoms with van der Waals surface area (Å²) in [7, 11) is -2.12. The molecule has 0 aliphatic carbocycles. The summed E-state index contributed by atoms with van der Waals surface area (Å²) >= 11 is 0. The van der Waals surface area contributed by atoms with Gasteiger partial charge >= 0.3 is 0 Å². The first-order chi connectivity index (χ1) is 8.94. The van der Waals surface area contributed by atoms with E-state index in [-0.39, 0.29) is 10.6 Å². The molecule has 0 saturated carbocycles. The number of benzene rings is 1. The lowest BCUT2D eigenvalue weighted by Gasteiger charge is -2.18. The lowest BCUT2D eigenvalue weighted by molar-refractivity contribution is 0.588. The zero-order valence-electron chi connectivity index (χ0n) is 11.7. The van der Waals surface area contributed by atoms with E-state index in [4.69, 9.17) is 5.73 Å². The molecule has 0 radical (unpaired) electrons. The molecular weight excluding hydrogens is 262 g/mol. The molecule has 0 fully saturated rings. The van der Waals surface area contributed by atoms with E-state index < -0.39 is 10.0 Å². The van der Waals surface area contributed by atoms with E-state index in [1.165, 1.54) is 13.1 Å². The van der Waals surface area contributed by atoms with Gasteiger partial charge in [-0.3, -0.25) is 0 Å². The van der Waals surface area contributed by atoms with Gasteiger partial charge in [-0.05, 0) is 38.1 Å². The SMILES string of the molecule is CCCC(CC)Nc1ccc(S(=O)(=O)NC)c(N)c1. The molecule has 0 aromatic heterocycles. The third-order valence-corrected chi connectivity index (χ3v) is 4.56. The highest BCUT2D eigenvalue weighted by Gasteiger charge is 2.15. The molecule has 0 spiro atoms. The van der Waals surface area contributed by atoms with Crippen LogP contribution < -0.4 is 15.8 Å². The van der Waals surface area contributed by atoms with Crippen LogP contribution in [0.25, 0.3) is 0 Å². The summed E-state index contributed by atoms with van der Waals surface area (Å²) in [5.41, 5.74) is 6.92. The van der Waals surface area contributed by atoms with Gasteiger partial charge in [0.2, 0.25) is 10.0 Å². The highest BCUT2D eigenvalue weighted by Crippen LogP contribution is 2.23. The van der Waals surface area contributed by atoms with Crippen molar-refractivity contribution in [2.24, 2.45) is 0 Å². The predicted octanol–water partition coefficient (Wildman–Crippen LogP) is 2.17. The van der Waals surface area contributed by atoms with Crippen molar-refractivity contribution in [2.45, 2.75) is 44.0 Å². The zero-order chi connectivity index (χ0) is 14.5. The molecule has 0 amide bonds. The topological polar surface area (TPSA) is 84.2 Å². The van der Waals surface area contributed by atoms with Crippen LogP contribution in [-0.4, -0.2) is 21.5 Å². The number of hydrogen-bond acceptors (Lipinski definition) is 4. The van der Waals surface area contributed by atoms with Crippen LogP contribution >= 0.6 is 0 Å². The molecule has 4 N–H and O–H groups in total. The molecule has 19 heavy (non-hydrogen) atoms. The van der Waals surface area contributed by atoms with Crippen molar-refractivity contribution in [1.82, 2.24) is 4.72 Å². The Bertz CT molecular complexity index is 515. The predicted molar refractivity (Wildman–Crippen MR) is 79.7 cm³/mol. The Morgan fingerprint density at radius 3 is 2.47 bits per heavy atom. The molecular formula is C13H23N3O2S. The molecule has 1 unspecified atom stereocenters. The largest absolute Gasteiger partial charge is 0.398 e. The molecule has 0 saturated heterocycles. The second-order valence-electron chi connectivity index (χ2n) is 4.50. The molecule has 0 aliphatic rings. The van der Waals surface area contributed by atoms with E-state index in [2.05, 4.69) is 23.9 Å². The lowest BCUT2D eigenvalue weighted by Crippen LogP contribution is -2.21. The van der Waals surface area contributed by atoms with E-state index in [0.29, 0.717) is 6.04 Å². The van der Waals surface area contributed by atoms with Crippen molar-refractivity contribution in [1.29, 1.82) is 0 Å². The molecule has 1 atom stereocenters. The van der Waals surface area contributed by atoms with Crippen LogP contribution in [-0.2, 0) is 10.0 Å². The van der Waals surface area contributed by atoms with Crippen LogP contribution in [0.1, 0.15) is 33.1 Å². The van der Waals surface area contributed by atoms with Crippen LogP contribution in [0.4, 0.5) is 11.4 Å². The Morgan fingerprint density at radius 1 is 1.32 bits per heavy atom. The van der Waals surface area contributed by atoms with E-state index >= 15 is 0 Å². The van der Waals surface area contributed by atoms with Crippen molar-refractivity contribution in [3.05, 3.63) is 18.2 Å². The van der Waals surface area contributed by atoms with E-state index in [9.17, 15) is 8.42 Å². The zero-order valence-corrected chi connectivity index (χ0v) is 12.5. The molecule has 6 heteroatoms. The fourth-order valence-electron chi connectivity index (χ4n) is 1.96. The normalized spacial score (nSPS) is 13.2. The van der Waals surface area contributed by atoms with Gasteiger partial charge in [0.1, 0.15) is 4.90 Å². The number of anilines is 2. The van der Waals surface area contributed by atoms with E-state index in [1.54, 1.807) is 12.1 Å². The van der Waals surface area contributed by atoms with Crippen molar-refractivity contribution < 1.29 is 8.42 Å². The Morgan fingerprint density at radius 2 is 2.00 bits per heavy atom. The maximum absolute atomic E-state index is 11.7. The van der Waals surface area contributed by atoms with Gasteiger partial charge in [-0.1, -0.05) is 20.3 Å². The summed E-state index contributed by atoms with van der Waals surface area (Å²) < 4.78 is 25.7. The Balaban J connectivity index is 2.94. The number of hydrogen-bond donors (Lipinski definition) is 3. The van der Waals surface area contributed by atoms with Crippen molar-refractivity contribution >= 4 is 21.4 Å². The number of sulfonamides is 1. The molecule has 0 bridgehead atoms. The smallest absolute Gasteiger partial charge is 0.242 e. The Kier molecular flexibility index (Phi) is 5.62. The number of nitrogens with two attached hydrogens (primary N) is 1. The van der Waals surface area contributed by atoms with Crippen molar-refractivity contribution in [3.63, 3.8) is 0 Å². The highest BCUT2D eigenvalue weighted by atomic mass is 32.2. The minimum Gasteiger partial charge on any atom is -0.398 e. The standard InChI is InChI=1S/C13H23N3O2S/c1-4-6-10(5-2)16-11-7-8-13(12(14)9-11)19(17,18)15-3/h7-10,15-16H,4-6,14H2,1-3H3. The second kappa shape index (κ2) is 6.77. The van der Waals surface area contributed by atoms with Gasteiger partial charge in [0.25, 0.3) is 0 Å². The first-order valence-corrected chi connectivity index (χ1v) is 8.02. The maximum atomic E-state index is 11.7. The van der Waals surface area contributed by atoms with Gasteiger partial charge in [0.15, 0.2) is 0 Å². The third-order valence-electron chi connectivity index (χ3n) is 3.07. The summed E-state index contributed by atoms with van der Waals surface area (Å²) in [6.07, 6.45) is 3.20. The summed E-state index contributed by atoms with van der Waals surface area (Å²) in [5, 5.41) is 3.37. The Hall–Kier alpha value is -1.27. The Labute approximate surface area is 115 Å². The summed E-state index contributed by atoms with van der Waals surface area (Å²) in [6.45, 7) is 4.26. The minimum atomic E-state index is -3.49. The average molecular weight is 285 g/mol. The van der Waals surface area contributed by atoms with Gasteiger partial charge < -0.3 is 11.1 Å². The number of rotatable bonds is 7. The van der Waals surface area contributed by atoms with Gasteiger partial charge in [-0.15, -0.1) is 0 Å².